The lowest BCUT2D eigenvalue weighted by molar-refractivity contribution is 0.111. The van der Waals surface area contributed by atoms with Gasteiger partial charge in [-0.25, -0.2) is 4.98 Å². The van der Waals surface area contributed by atoms with E-state index in [0.29, 0.717) is 5.69 Å². The molecule has 3 heteroatoms. The lowest BCUT2D eigenvalue weighted by Crippen LogP contribution is -2.03. The highest BCUT2D eigenvalue weighted by atomic mass is 16.1. The summed E-state index contributed by atoms with van der Waals surface area (Å²) in [5, 5.41) is 0. The number of hydrogen-bond acceptors (Lipinski definition) is 2. The molecule has 0 fully saturated rings. The molecule has 1 aliphatic carbocycles. The van der Waals surface area contributed by atoms with Gasteiger partial charge in [-0.15, -0.1) is 0 Å². The predicted molar refractivity (Wildman–Crippen MR) is 75.4 cm³/mol. The van der Waals surface area contributed by atoms with Crippen LogP contribution < -0.4 is 0 Å². The van der Waals surface area contributed by atoms with Gasteiger partial charge in [-0.2, -0.15) is 0 Å². The van der Waals surface area contributed by atoms with Gasteiger partial charge in [-0.3, -0.25) is 4.79 Å². The summed E-state index contributed by atoms with van der Waals surface area (Å²) >= 11 is 0. The van der Waals surface area contributed by atoms with Crippen molar-refractivity contribution in [2.24, 2.45) is 7.05 Å². The molecule has 0 radical (unpaired) electrons. The smallest absolute Gasteiger partial charge is 0.168 e. The molecule has 1 heterocycles. The number of carbonyl (C=O) groups is 1. The van der Waals surface area contributed by atoms with Crippen LogP contribution in [0, 0.1) is 6.92 Å². The lowest BCUT2D eigenvalue weighted by atomic mass is 9.90. The number of aldehydes is 1. The Morgan fingerprint density at radius 2 is 1.95 bits per heavy atom. The third kappa shape index (κ3) is 1.99. The average molecular weight is 254 g/mol. The van der Waals surface area contributed by atoms with Crippen LogP contribution in [0.1, 0.15) is 40.3 Å². The Bertz CT molecular complexity index is 640. The number of aromatic nitrogens is 2. The van der Waals surface area contributed by atoms with Crippen molar-refractivity contribution >= 4 is 6.29 Å². The van der Waals surface area contributed by atoms with E-state index in [-0.39, 0.29) is 0 Å². The molecule has 0 unspecified atom stereocenters. The minimum Gasteiger partial charge on any atom is -0.329 e. The number of imidazole rings is 1. The van der Waals surface area contributed by atoms with Gasteiger partial charge in [0.2, 0.25) is 0 Å². The molecule has 0 saturated heterocycles. The first-order chi connectivity index (χ1) is 9.20. The molecular weight excluding hydrogens is 236 g/mol. The van der Waals surface area contributed by atoms with Crippen LogP contribution in [0.15, 0.2) is 18.2 Å². The second-order valence-electron chi connectivity index (χ2n) is 5.26. The fourth-order valence-electron chi connectivity index (χ4n) is 2.86. The Morgan fingerprint density at radius 1 is 1.21 bits per heavy atom. The van der Waals surface area contributed by atoms with Gasteiger partial charge in [-0.05, 0) is 49.8 Å². The molecule has 0 spiro atoms. The number of fused-ring (bicyclic) bond motifs is 1. The molecule has 0 amide bonds. The summed E-state index contributed by atoms with van der Waals surface area (Å²) in [5.41, 5.74) is 5.40. The summed E-state index contributed by atoms with van der Waals surface area (Å²) in [6.45, 7) is 1.93. The maximum absolute atomic E-state index is 11.3. The van der Waals surface area contributed by atoms with E-state index in [1.165, 1.54) is 30.4 Å². The van der Waals surface area contributed by atoms with Gasteiger partial charge in [0.25, 0.3) is 0 Å². The highest BCUT2D eigenvalue weighted by molar-refractivity contribution is 5.84. The van der Waals surface area contributed by atoms with E-state index in [4.69, 9.17) is 0 Å². The van der Waals surface area contributed by atoms with Gasteiger partial charge >= 0.3 is 0 Å². The second-order valence-corrected chi connectivity index (χ2v) is 5.26. The van der Waals surface area contributed by atoms with E-state index in [1.807, 2.05) is 18.5 Å². The molecule has 98 valence electrons. The van der Waals surface area contributed by atoms with E-state index >= 15 is 0 Å². The number of benzene rings is 1. The van der Waals surface area contributed by atoms with Crippen molar-refractivity contribution in [2.75, 3.05) is 0 Å². The summed E-state index contributed by atoms with van der Waals surface area (Å²) < 4.78 is 1.85. The Labute approximate surface area is 113 Å². The summed E-state index contributed by atoms with van der Waals surface area (Å²) in [6.07, 6.45) is 5.77. The summed E-state index contributed by atoms with van der Waals surface area (Å²) in [7, 11) is 1.88. The highest BCUT2D eigenvalue weighted by Gasteiger charge is 2.16. The van der Waals surface area contributed by atoms with Gasteiger partial charge in [0.1, 0.15) is 11.5 Å². The quantitative estimate of drug-likeness (QED) is 0.772. The molecule has 2 aromatic rings. The molecule has 0 aliphatic heterocycles. The SMILES string of the molecule is Cc1nc(-c2ccc3c(c2)CCCC3)c(C=O)n1C. The van der Waals surface area contributed by atoms with Crippen molar-refractivity contribution in [1.29, 1.82) is 0 Å². The van der Waals surface area contributed by atoms with E-state index in [2.05, 4.69) is 23.2 Å². The van der Waals surface area contributed by atoms with Crippen LogP contribution in [-0.4, -0.2) is 15.8 Å². The summed E-state index contributed by atoms with van der Waals surface area (Å²) in [5.74, 6) is 0.870. The lowest BCUT2D eigenvalue weighted by Gasteiger charge is -2.16. The zero-order valence-corrected chi connectivity index (χ0v) is 11.4. The normalized spacial score (nSPS) is 14.2. The Balaban J connectivity index is 2.12. The minimum absolute atomic E-state index is 0.660. The van der Waals surface area contributed by atoms with Gasteiger partial charge in [0.15, 0.2) is 6.29 Å². The Hall–Kier alpha value is -1.90. The van der Waals surface area contributed by atoms with Gasteiger partial charge in [0, 0.05) is 12.6 Å². The molecule has 1 aromatic carbocycles. The first-order valence-corrected chi connectivity index (χ1v) is 6.81. The van der Waals surface area contributed by atoms with E-state index in [1.54, 1.807) is 0 Å². The van der Waals surface area contributed by atoms with Crippen molar-refractivity contribution in [3.63, 3.8) is 0 Å². The van der Waals surface area contributed by atoms with Crippen LogP contribution in [0.2, 0.25) is 0 Å². The zero-order valence-electron chi connectivity index (χ0n) is 11.4. The number of nitrogens with zero attached hydrogens (tertiary/aromatic N) is 2. The van der Waals surface area contributed by atoms with Crippen LogP contribution >= 0.6 is 0 Å². The maximum atomic E-state index is 11.3. The van der Waals surface area contributed by atoms with Gasteiger partial charge < -0.3 is 4.57 Å². The van der Waals surface area contributed by atoms with Gasteiger partial charge in [0.05, 0.1) is 5.69 Å². The van der Waals surface area contributed by atoms with Crippen LogP contribution in [0.25, 0.3) is 11.3 Å². The third-order valence-electron chi connectivity index (χ3n) is 4.10. The average Bonchev–Trinajstić information content (AvgIpc) is 2.74. The van der Waals surface area contributed by atoms with E-state index < -0.39 is 0 Å². The van der Waals surface area contributed by atoms with Crippen LogP contribution in [0.4, 0.5) is 0 Å². The van der Waals surface area contributed by atoms with Gasteiger partial charge in [-0.1, -0.05) is 12.1 Å². The van der Waals surface area contributed by atoms with E-state index in [9.17, 15) is 4.79 Å². The van der Waals surface area contributed by atoms with Crippen LogP contribution in [-0.2, 0) is 19.9 Å². The molecular formula is C16H18N2O. The summed E-state index contributed by atoms with van der Waals surface area (Å²) in [6, 6.07) is 6.50. The van der Waals surface area contributed by atoms with Crippen molar-refractivity contribution in [2.45, 2.75) is 32.6 Å². The highest BCUT2D eigenvalue weighted by Crippen LogP contribution is 2.28. The first kappa shape index (κ1) is 12.2. The fourth-order valence-corrected chi connectivity index (χ4v) is 2.86. The van der Waals surface area contributed by atoms with Crippen molar-refractivity contribution in [1.82, 2.24) is 9.55 Å². The molecule has 19 heavy (non-hydrogen) atoms. The number of aryl methyl sites for hydroxylation is 3. The molecule has 0 bridgehead atoms. The van der Waals surface area contributed by atoms with Crippen molar-refractivity contribution in [3.8, 4) is 11.3 Å². The molecule has 0 N–H and O–H groups in total. The monoisotopic (exact) mass is 254 g/mol. The maximum Gasteiger partial charge on any atom is 0.168 e. The molecule has 0 saturated carbocycles. The second kappa shape index (κ2) is 4.65. The van der Waals surface area contributed by atoms with Crippen molar-refractivity contribution in [3.05, 3.63) is 40.8 Å². The van der Waals surface area contributed by atoms with Crippen LogP contribution in [0.5, 0.6) is 0 Å². The number of carbonyl (C=O) groups excluding carboxylic acids is 1. The molecule has 1 aliphatic rings. The largest absolute Gasteiger partial charge is 0.329 e. The standard InChI is InChI=1S/C16H18N2O/c1-11-17-16(15(10-19)18(11)2)14-8-7-12-5-3-4-6-13(12)9-14/h7-10H,3-6H2,1-2H3. The van der Waals surface area contributed by atoms with E-state index in [0.717, 1.165) is 29.8 Å². The third-order valence-corrected chi connectivity index (χ3v) is 4.10. The molecule has 0 atom stereocenters. The summed E-state index contributed by atoms with van der Waals surface area (Å²) in [4.78, 5) is 15.8. The molecule has 1 aromatic heterocycles. The number of rotatable bonds is 2. The topological polar surface area (TPSA) is 34.9 Å². The molecule has 3 nitrogen and oxygen atoms in total. The number of hydrogen-bond donors (Lipinski definition) is 0. The van der Waals surface area contributed by atoms with Crippen LogP contribution in [0.3, 0.4) is 0 Å². The Morgan fingerprint density at radius 3 is 2.68 bits per heavy atom. The molecule has 3 rings (SSSR count). The minimum atomic E-state index is 0.660. The Kier molecular flexibility index (Phi) is 2.97. The predicted octanol–water partition coefficient (Wildman–Crippen LogP) is 3.09. The zero-order chi connectivity index (χ0) is 13.4. The van der Waals surface area contributed by atoms with Crippen molar-refractivity contribution < 1.29 is 4.79 Å². The fraction of sp³-hybridized carbons (Fsp3) is 0.375. The first-order valence-electron chi connectivity index (χ1n) is 6.81.